The fraction of sp³-hybridized carbons (Fsp3) is 0.214. The van der Waals surface area contributed by atoms with Crippen LogP contribution in [0.25, 0.3) is 11.1 Å². The molecule has 80 valence electrons. The Morgan fingerprint density at radius 2 is 2.19 bits per heavy atom. The van der Waals surface area contributed by atoms with E-state index in [1.807, 2.05) is 19.2 Å². The Morgan fingerprint density at radius 1 is 1.25 bits per heavy atom. The van der Waals surface area contributed by atoms with Crippen LogP contribution in [0, 0.1) is 6.92 Å². The fourth-order valence-electron chi connectivity index (χ4n) is 2.16. The molecular formula is C14H13NO. The van der Waals surface area contributed by atoms with Crippen molar-refractivity contribution >= 4 is 0 Å². The minimum atomic E-state index is 0.802. The number of pyridine rings is 1. The minimum absolute atomic E-state index is 0.802. The zero-order chi connectivity index (χ0) is 11.0. The summed E-state index contributed by atoms with van der Waals surface area (Å²) in [5, 5.41) is 0. The lowest BCUT2D eigenvalue weighted by molar-refractivity contribution is 0.358. The highest BCUT2D eigenvalue weighted by molar-refractivity contribution is 5.72. The Hall–Kier alpha value is -1.83. The third kappa shape index (κ3) is 1.47. The minimum Gasteiger partial charge on any atom is -0.492 e. The van der Waals surface area contributed by atoms with Crippen molar-refractivity contribution in [1.29, 1.82) is 0 Å². The second kappa shape index (κ2) is 3.63. The largest absolute Gasteiger partial charge is 0.492 e. The molecular weight excluding hydrogens is 198 g/mol. The summed E-state index contributed by atoms with van der Waals surface area (Å²) in [6.07, 6.45) is 2.87. The summed E-state index contributed by atoms with van der Waals surface area (Å²) in [4.78, 5) is 4.22. The molecule has 1 aliphatic rings. The number of aromatic nitrogens is 1. The highest BCUT2D eigenvalue weighted by Gasteiger charge is 2.16. The van der Waals surface area contributed by atoms with Gasteiger partial charge in [-0.15, -0.1) is 0 Å². The molecule has 1 aliphatic heterocycles. The summed E-state index contributed by atoms with van der Waals surface area (Å²) in [6, 6.07) is 10.5. The number of nitrogens with zero attached hydrogens (tertiary/aromatic N) is 1. The number of para-hydroxylation sites is 1. The van der Waals surface area contributed by atoms with Crippen LogP contribution >= 0.6 is 0 Å². The van der Waals surface area contributed by atoms with Gasteiger partial charge in [0.25, 0.3) is 0 Å². The van der Waals surface area contributed by atoms with Gasteiger partial charge in [0.1, 0.15) is 5.75 Å². The number of aryl methyl sites for hydroxylation is 1. The van der Waals surface area contributed by atoms with E-state index < -0.39 is 0 Å². The molecule has 0 radical (unpaired) electrons. The SMILES string of the molecule is Cc1cc(-c2cccc3c2OCC3)ccn1. The molecule has 2 aromatic rings. The molecule has 1 aromatic carbocycles. The normalized spacial score (nSPS) is 13.3. The van der Waals surface area contributed by atoms with Crippen molar-refractivity contribution in [3.05, 3.63) is 47.8 Å². The average Bonchev–Trinajstić information content (AvgIpc) is 2.76. The predicted octanol–water partition coefficient (Wildman–Crippen LogP) is 2.99. The number of hydrogen-bond acceptors (Lipinski definition) is 2. The Morgan fingerprint density at radius 3 is 3.06 bits per heavy atom. The van der Waals surface area contributed by atoms with Crippen LogP contribution in [0.5, 0.6) is 5.75 Å². The van der Waals surface area contributed by atoms with Crippen LogP contribution in [0.1, 0.15) is 11.3 Å². The molecule has 3 rings (SSSR count). The maximum Gasteiger partial charge on any atom is 0.130 e. The van der Waals surface area contributed by atoms with Gasteiger partial charge < -0.3 is 4.74 Å². The van der Waals surface area contributed by atoms with E-state index in [2.05, 4.69) is 29.2 Å². The molecule has 0 saturated heterocycles. The van der Waals surface area contributed by atoms with Crippen LogP contribution < -0.4 is 4.74 Å². The van der Waals surface area contributed by atoms with Gasteiger partial charge in [-0.25, -0.2) is 0 Å². The van der Waals surface area contributed by atoms with E-state index in [9.17, 15) is 0 Å². The lowest BCUT2D eigenvalue weighted by atomic mass is 10.0. The first kappa shape index (κ1) is 9.40. The van der Waals surface area contributed by atoms with Gasteiger partial charge in [-0.2, -0.15) is 0 Å². The summed E-state index contributed by atoms with van der Waals surface area (Å²) in [5.74, 6) is 1.05. The maximum absolute atomic E-state index is 5.70. The standard InChI is InChI=1S/C14H13NO/c1-10-9-12(5-7-15-10)13-4-2-3-11-6-8-16-14(11)13/h2-5,7,9H,6,8H2,1H3. The number of ether oxygens (including phenoxy) is 1. The van der Waals surface area contributed by atoms with Crippen LogP contribution in [-0.4, -0.2) is 11.6 Å². The lowest BCUT2D eigenvalue weighted by Gasteiger charge is -2.08. The predicted molar refractivity (Wildman–Crippen MR) is 63.6 cm³/mol. The van der Waals surface area contributed by atoms with Gasteiger partial charge in [-0.1, -0.05) is 18.2 Å². The molecule has 2 heterocycles. The van der Waals surface area contributed by atoms with Crippen molar-refractivity contribution in [2.45, 2.75) is 13.3 Å². The first-order valence-electron chi connectivity index (χ1n) is 5.52. The van der Waals surface area contributed by atoms with Crippen LogP contribution in [0.15, 0.2) is 36.5 Å². The molecule has 16 heavy (non-hydrogen) atoms. The van der Waals surface area contributed by atoms with E-state index in [0.717, 1.165) is 24.5 Å². The molecule has 0 amide bonds. The van der Waals surface area contributed by atoms with Gasteiger partial charge in [-0.05, 0) is 30.2 Å². The quantitative estimate of drug-likeness (QED) is 0.723. The summed E-state index contributed by atoms with van der Waals surface area (Å²) in [5.41, 5.74) is 4.71. The molecule has 0 spiro atoms. The molecule has 0 bridgehead atoms. The molecule has 2 nitrogen and oxygen atoms in total. The topological polar surface area (TPSA) is 22.1 Å². The van der Waals surface area contributed by atoms with Gasteiger partial charge in [0, 0.05) is 23.9 Å². The first-order chi connectivity index (χ1) is 7.84. The first-order valence-corrected chi connectivity index (χ1v) is 5.52. The monoisotopic (exact) mass is 211 g/mol. The van der Waals surface area contributed by atoms with Crippen molar-refractivity contribution in [2.24, 2.45) is 0 Å². The second-order valence-electron chi connectivity index (χ2n) is 4.08. The van der Waals surface area contributed by atoms with E-state index in [4.69, 9.17) is 4.74 Å². The molecule has 2 heteroatoms. The highest BCUT2D eigenvalue weighted by atomic mass is 16.5. The van der Waals surface area contributed by atoms with Crippen molar-refractivity contribution in [2.75, 3.05) is 6.61 Å². The average molecular weight is 211 g/mol. The van der Waals surface area contributed by atoms with E-state index in [1.54, 1.807) is 0 Å². The van der Waals surface area contributed by atoms with Crippen molar-refractivity contribution in [3.8, 4) is 16.9 Å². The van der Waals surface area contributed by atoms with Crippen LogP contribution in [0.2, 0.25) is 0 Å². The van der Waals surface area contributed by atoms with Crippen LogP contribution in [0.4, 0.5) is 0 Å². The molecule has 0 fully saturated rings. The van der Waals surface area contributed by atoms with Gasteiger partial charge in [0.15, 0.2) is 0 Å². The Kier molecular flexibility index (Phi) is 2.13. The zero-order valence-corrected chi connectivity index (χ0v) is 9.23. The van der Waals surface area contributed by atoms with E-state index in [1.165, 1.54) is 16.7 Å². The smallest absolute Gasteiger partial charge is 0.130 e. The Bertz CT molecular complexity index is 534. The molecule has 0 N–H and O–H groups in total. The van der Waals surface area contributed by atoms with Crippen molar-refractivity contribution in [3.63, 3.8) is 0 Å². The Labute approximate surface area is 94.9 Å². The number of benzene rings is 1. The molecule has 1 aromatic heterocycles. The summed E-state index contributed by atoms with van der Waals surface area (Å²) in [6.45, 7) is 2.81. The molecule has 0 saturated carbocycles. The van der Waals surface area contributed by atoms with Gasteiger partial charge in [0.05, 0.1) is 6.61 Å². The van der Waals surface area contributed by atoms with Gasteiger partial charge in [0.2, 0.25) is 0 Å². The summed E-state index contributed by atoms with van der Waals surface area (Å²) >= 11 is 0. The van der Waals surface area contributed by atoms with E-state index in [-0.39, 0.29) is 0 Å². The molecule has 0 unspecified atom stereocenters. The number of fused-ring (bicyclic) bond motifs is 1. The second-order valence-corrected chi connectivity index (χ2v) is 4.08. The third-order valence-electron chi connectivity index (χ3n) is 2.92. The molecule has 0 aliphatic carbocycles. The zero-order valence-electron chi connectivity index (χ0n) is 9.23. The van der Waals surface area contributed by atoms with Crippen molar-refractivity contribution < 1.29 is 4.74 Å². The fourth-order valence-corrected chi connectivity index (χ4v) is 2.16. The van der Waals surface area contributed by atoms with Crippen LogP contribution in [0.3, 0.4) is 0 Å². The van der Waals surface area contributed by atoms with Gasteiger partial charge >= 0.3 is 0 Å². The number of rotatable bonds is 1. The third-order valence-corrected chi connectivity index (χ3v) is 2.92. The molecule has 0 atom stereocenters. The maximum atomic E-state index is 5.70. The van der Waals surface area contributed by atoms with Crippen molar-refractivity contribution in [1.82, 2.24) is 4.98 Å². The number of hydrogen-bond donors (Lipinski definition) is 0. The van der Waals surface area contributed by atoms with Gasteiger partial charge in [-0.3, -0.25) is 4.98 Å². The lowest BCUT2D eigenvalue weighted by Crippen LogP contribution is -1.89. The Balaban J connectivity index is 2.17. The van der Waals surface area contributed by atoms with E-state index >= 15 is 0 Å². The van der Waals surface area contributed by atoms with E-state index in [0.29, 0.717) is 0 Å². The summed E-state index contributed by atoms with van der Waals surface area (Å²) in [7, 11) is 0. The summed E-state index contributed by atoms with van der Waals surface area (Å²) < 4.78 is 5.70. The van der Waals surface area contributed by atoms with Crippen LogP contribution in [-0.2, 0) is 6.42 Å². The highest BCUT2D eigenvalue weighted by Crippen LogP contribution is 2.36.